The van der Waals surface area contributed by atoms with Crippen molar-refractivity contribution < 1.29 is 14.7 Å². The van der Waals surface area contributed by atoms with Crippen molar-refractivity contribution in [3.63, 3.8) is 0 Å². The van der Waals surface area contributed by atoms with Crippen LogP contribution in [0.1, 0.15) is 38.5 Å². The van der Waals surface area contributed by atoms with Crippen LogP contribution in [0.2, 0.25) is 0 Å². The van der Waals surface area contributed by atoms with Gasteiger partial charge in [-0.15, -0.1) is 0 Å². The lowest BCUT2D eigenvalue weighted by Crippen LogP contribution is -2.44. The van der Waals surface area contributed by atoms with E-state index in [1.54, 1.807) is 0 Å². The quantitative estimate of drug-likeness (QED) is 0.651. The van der Waals surface area contributed by atoms with Crippen LogP contribution in [0.4, 0.5) is 4.79 Å². The number of rotatable bonds is 7. The van der Waals surface area contributed by atoms with E-state index in [0.717, 1.165) is 6.54 Å². The molecule has 0 heterocycles. The maximum Gasteiger partial charge on any atom is 0.314 e. The third kappa shape index (κ3) is 3.85. The third-order valence-corrected chi connectivity index (χ3v) is 4.59. The van der Waals surface area contributed by atoms with Crippen molar-refractivity contribution in [2.45, 2.75) is 44.6 Å². The highest BCUT2D eigenvalue weighted by Gasteiger charge is 2.50. The molecule has 0 saturated heterocycles. The second-order valence-electron chi connectivity index (χ2n) is 6.11. The number of carboxylic acids is 1. The van der Waals surface area contributed by atoms with Crippen LogP contribution in [0.25, 0.3) is 0 Å². The molecule has 0 aromatic rings. The van der Waals surface area contributed by atoms with Gasteiger partial charge in [-0.25, -0.2) is 4.79 Å². The van der Waals surface area contributed by atoms with E-state index < -0.39 is 11.4 Å². The van der Waals surface area contributed by atoms with Gasteiger partial charge in [0.2, 0.25) is 0 Å². The van der Waals surface area contributed by atoms with Crippen LogP contribution >= 0.6 is 0 Å². The largest absolute Gasteiger partial charge is 0.481 e. The van der Waals surface area contributed by atoms with Crippen LogP contribution in [0.3, 0.4) is 0 Å². The summed E-state index contributed by atoms with van der Waals surface area (Å²) in [6.07, 6.45) is 6.44. The average molecular weight is 283 g/mol. The zero-order valence-corrected chi connectivity index (χ0v) is 12.2. The number of carbonyl (C=O) groups is 2. The number of urea groups is 1. The van der Waals surface area contributed by atoms with Crippen LogP contribution in [0, 0.1) is 5.41 Å². The fourth-order valence-corrected chi connectivity index (χ4v) is 2.80. The molecule has 0 aromatic carbocycles. The Balaban J connectivity index is 1.57. The molecule has 0 aliphatic heterocycles. The topological polar surface area (TPSA) is 81.7 Å². The molecule has 2 aliphatic rings. The van der Waals surface area contributed by atoms with Crippen molar-refractivity contribution in [2.75, 3.05) is 26.7 Å². The van der Waals surface area contributed by atoms with Gasteiger partial charge in [-0.3, -0.25) is 4.79 Å². The maximum atomic E-state index is 11.6. The zero-order chi connectivity index (χ0) is 14.6. The van der Waals surface area contributed by atoms with Gasteiger partial charge >= 0.3 is 12.0 Å². The summed E-state index contributed by atoms with van der Waals surface area (Å²) in [5, 5.41) is 14.5. The highest BCUT2D eigenvalue weighted by molar-refractivity contribution is 5.80. The minimum Gasteiger partial charge on any atom is -0.481 e. The molecule has 2 fully saturated rings. The van der Waals surface area contributed by atoms with Gasteiger partial charge in [0, 0.05) is 25.7 Å². The first-order chi connectivity index (χ1) is 9.53. The molecule has 0 unspecified atom stereocenters. The smallest absolute Gasteiger partial charge is 0.314 e. The highest BCUT2D eigenvalue weighted by atomic mass is 16.4. The molecular formula is C14H25N3O3. The molecule has 0 spiro atoms. The molecule has 114 valence electrons. The Kier molecular flexibility index (Phi) is 4.86. The van der Waals surface area contributed by atoms with Gasteiger partial charge in [-0.2, -0.15) is 0 Å². The Morgan fingerprint density at radius 3 is 2.45 bits per heavy atom. The lowest BCUT2D eigenvalue weighted by molar-refractivity contribution is -0.143. The summed E-state index contributed by atoms with van der Waals surface area (Å²) in [7, 11) is 2.10. The minimum absolute atomic E-state index is 0.229. The minimum atomic E-state index is -0.807. The van der Waals surface area contributed by atoms with E-state index in [2.05, 4.69) is 22.6 Å². The highest BCUT2D eigenvalue weighted by Crippen LogP contribution is 2.45. The van der Waals surface area contributed by atoms with Crippen molar-refractivity contribution in [2.24, 2.45) is 5.41 Å². The fourth-order valence-electron chi connectivity index (χ4n) is 2.80. The number of aliphatic carboxylic acids is 1. The Morgan fingerprint density at radius 2 is 1.90 bits per heavy atom. The second-order valence-corrected chi connectivity index (χ2v) is 6.11. The molecule has 0 bridgehead atoms. The van der Waals surface area contributed by atoms with Crippen molar-refractivity contribution >= 4 is 12.0 Å². The number of carboxylic acid groups (broad SMARTS) is 1. The SMILES string of the molecule is CN(CCNC(=O)NCC1(C(=O)O)CC1)C1CCCC1. The van der Waals surface area contributed by atoms with E-state index in [1.807, 2.05) is 0 Å². The molecule has 3 N–H and O–H groups in total. The van der Waals surface area contributed by atoms with Gasteiger partial charge in [0.15, 0.2) is 0 Å². The standard InChI is InChI=1S/C14H25N3O3/c1-17(11-4-2-3-5-11)9-8-15-13(20)16-10-14(6-7-14)12(18)19/h11H,2-10H2,1H3,(H,18,19)(H2,15,16,20). The molecule has 2 saturated carbocycles. The molecule has 2 aliphatic carbocycles. The Hall–Kier alpha value is -1.30. The number of hydrogen-bond donors (Lipinski definition) is 3. The predicted octanol–water partition coefficient (Wildman–Crippen LogP) is 1.02. The predicted molar refractivity (Wildman–Crippen MR) is 75.6 cm³/mol. The number of carbonyl (C=O) groups excluding carboxylic acids is 1. The van der Waals surface area contributed by atoms with Crippen LogP contribution in [-0.2, 0) is 4.79 Å². The van der Waals surface area contributed by atoms with E-state index >= 15 is 0 Å². The van der Waals surface area contributed by atoms with E-state index in [0.29, 0.717) is 25.4 Å². The molecule has 6 nitrogen and oxygen atoms in total. The Bertz CT molecular complexity index is 363. The molecule has 0 radical (unpaired) electrons. The molecule has 20 heavy (non-hydrogen) atoms. The first-order valence-electron chi connectivity index (χ1n) is 7.49. The van der Waals surface area contributed by atoms with Crippen LogP contribution in [-0.4, -0.2) is 54.7 Å². The summed E-state index contributed by atoms with van der Waals surface area (Å²) < 4.78 is 0. The number of amides is 2. The van der Waals surface area contributed by atoms with E-state index in [9.17, 15) is 9.59 Å². The number of nitrogens with one attached hydrogen (secondary N) is 2. The van der Waals surface area contributed by atoms with E-state index in [1.165, 1.54) is 25.7 Å². The summed E-state index contributed by atoms with van der Waals surface area (Å²) in [6.45, 7) is 1.66. The molecule has 2 rings (SSSR count). The molecular weight excluding hydrogens is 258 g/mol. The number of nitrogens with zero attached hydrogens (tertiary/aromatic N) is 1. The van der Waals surface area contributed by atoms with Gasteiger partial charge in [0.25, 0.3) is 0 Å². The third-order valence-electron chi connectivity index (χ3n) is 4.59. The lowest BCUT2D eigenvalue weighted by atomic mass is 10.1. The van der Waals surface area contributed by atoms with Crippen LogP contribution < -0.4 is 10.6 Å². The monoisotopic (exact) mass is 283 g/mol. The van der Waals surface area contributed by atoms with Crippen LogP contribution in [0.5, 0.6) is 0 Å². The van der Waals surface area contributed by atoms with Gasteiger partial charge in [-0.1, -0.05) is 12.8 Å². The normalized spacial score (nSPS) is 20.9. The molecule has 0 atom stereocenters. The number of likely N-dealkylation sites (N-methyl/N-ethyl adjacent to an activating group) is 1. The number of hydrogen-bond acceptors (Lipinski definition) is 3. The first kappa shape index (κ1) is 15.1. The molecule has 2 amide bonds. The lowest BCUT2D eigenvalue weighted by Gasteiger charge is -2.24. The van der Waals surface area contributed by atoms with Crippen LogP contribution in [0.15, 0.2) is 0 Å². The van der Waals surface area contributed by atoms with Gasteiger partial charge in [0.05, 0.1) is 5.41 Å². The maximum absolute atomic E-state index is 11.6. The van der Waals surface area contributed by atoms with Crippen molar-refractivity contribution in [3.8, 4) is 0 Å². The van der Waals surface area contributed by atoms with Gasteiger partial charge in [0.1, 0.15) is 0 Å². The van der Waals surface area contributed by atoms with Gasteiger partial charge in [-0.05, 0) is 32.7 Å². The summed E-state index contributed by atoms with van der Waals surface area (Å²) in [6, 6.07) is 0.388. The Labute approximate surface area is 119 Å². The molecule has 6 heteroatoms. The van der Waals surface area contributed by atoms with Gasteiger partial charge < -0.3 is 20.6 Å². The summed E-state index contributed by atoms with van der Waals surface area (Å²) in [5.74, 6) is -0.807. The summed E-state index contributed by atoms with van der Waals surface area (Å²) >= 11 is 0. The second kappa shape index (κ2) is 6.43. The summed E-state index contributed by atoms with van der Waals surface area (Å²) in [5.41, 5.74) is -0.696. The fraction of sp³-hybridized carbons (Fsp3) is 0.857. The van der Waals surface area contributed by atoms with Crippen molar-refractivity contribution in [1.82, 2.24) is 15.5 Å². The van der Waals surface area contributed by atoms with Crippen molar-refractivity contribution in [1.29, 1.82) is 0 Å². The van der Waals surface area contributed by atoms with E-state index in [4.69, 9.17) is 5.11 Å². The van der Waals surface area contributed by atoms with Crippen molar-refractivity contribution in [3.05, 3.63) is 0 Å². The zero-order valence-electron chi connectivity index (χ0n) is 12.2. The first-order valence-corrected chi connectivity index (χ1v) is 7.49. The average Bonchev–Trinajstić information content (AvgIpc) is 3.01. The summed E-state index contributed by atoms with van der Waals surface area (Å²) in [4.78, 5) is 24.9. The Morgan fingerprint density at radius 1 is 1.25 bits per heavy atom. The molecule has 0 aromatic heterocycles. The van der Waals surface area contributed by atoms with E-state index in [-0.39, 0.29) is 12.6 Å².